The fourth-order valence-electron chi connectivity index (χ4n) is 2.75. The standard InChI is InChI=1S/C19H26O2/c1-18(2,3)11-12-8-7-9-13-14(12)10-15(19(4,5)6)17(21)16(13)20/h7-10,20-21H,11H2,1-6H3. The molecule has 2 aromatic rings. The molecule has 2 rings (SSSR count). The van der Waals surface area contributed by atoms with Gasteiger partial charge in [0.2, 0.25) is 0 Å². The molecule has 0 unspecified atom stereocenters. The summed E-state index contributed by atoms with van der Waals surface area (Å²) in [6, 6.07) is 7.95. The van der Waals surface area contributed by atoms with Crippen LogP contribution in [0.25, 0.3) is 10.8 Å². The van der Waals surface area contributed by atoms with Crippen LogP contribution in [0.4, 0.5) is 0 Å². The molecule has 0 heterocycles. The molecule has 0 spiro atoms. The van der Waals surface area contributed by atoms with Gasteiger partial charge in [0.1, 0.15) is 0 Å². The van der Waals surface area contributed by atoms with Gasteiger partial charge in [-0.2, -0.15) is 0 Å². The molecule has 2 nitrogen and oxygen atoms in total. The molecule has 0 aromatic heterocycles. The normalized spacial score (nSPS) is 12.9. The summed E-state index contributed by atoms with van der Waals surface area (Å²) < 4.78 is 0. The first-order valence-corrected chi connectivity index (χ1v) is 7.48. The van der Waals surface area contributed by atoms with Crippen LogP contribution >= 0.6 is 0 Å². The summed E-state index contributed by atoms with van der Waals surface area (Å²) in [7, 11) is 0. The Balaban J connectivity index is 2.78. The van der Waals surface area contributed by atoms with E-state index in [-0.39, 0.29) is 22.3 Å². The number of hydrogen-bond donors (Lipinski definition) is 2. The highest BCUT2D eigenvalue weighted by Crippen LogP contribution is 2.43. The van der Waals surface area contributed by atoms with E-state index in [1.54, 1.807) is 0 Å². The van der Waals surface area contributed by atoms with Crippen LogP contribution in [0.2, 0.25) is 0 Å². The molecule has 0 bridgehead atoms. The van der Waals surface area contributed by atoms with Gasteiger partial charge in [-0.05, 0) is 34.3 Å². The third kappa shape index (κ3) is 3.15. The second-order valence-corrected chi connectivity index (χ2v) is 8.12. The van der Waals surface area contributed by atoms with Crippen molar-refractivity contribution in [2.45, 2.75) is 53.4 Å². The lowest BCUT2D eigenvalue weighted by molar-refractivity contribution is 0.393. The average Bonchev–Trinajstić information content (AvgIpc) is 2.31. The van der Waals surface area contributed by atoms with Gasteiger partial charge in [-0.25, -0.2) is 0 Å². The second-order valence-electron chi connectivity index (χ2n) is 8.12. The van der Waals surface area contributed by atoms with E-state index in [0.717, 1.165) is 22.8 Å². The maximum absolute atomic E-state index is 10.4. The van der Waals surface area contributed by atoms with Crippen LogP contribution in [0.1, 0.15) is 52.7 Å². The number of hydrogen-bond acceptors (Lipinski definition) is 2. The molecule has 21 heavy (non-hydrogen) atoms. The van der Waals surface area contributed by atoms with Crippen molar-refractivity contribution in [3.8, 4) is 11.5 Å². The summed E-state index contributed by atoms with van der Waals surface area (Å²) in [5.74, 6) is -0.00362. The van der Waals surface area contributed by atoms with E-state index >= 15 is 0 Å². The summed E-state index contributed by atoms with van der Waals surface area (Å²) >= 11 is 0. The van der Waals surface area contributed by atoms with Gasteiger partial charge >= 0.3 is 0 Å². The number of benzene rings is 2. The lowest BCUT2D eigenvalue weighted by Gasteiger charge is -2.24. The Kier molecular flexibility index (Phi) is 3.69. The SMILES string of the molecule is CC(C)(C)Cc1cccc2c(O)c(O)c(C(C)(C)C)cc12. The van der Waals surface area contributed by atoms with Gasteiger partial charge < -0.3 is 10.2 Å². The molecule has 0 aliphatic heterocycles. The van der Waals surface area contributed by atoms with Gasteiger partial charge in [0, 0.05) is 10.9 Å². The Morgan fingerprint density at radius 2 is 1.48 bits per heavy atom. The van der Waals surface area contributed by atoms with Crippen molar-refractivity contribution in [1.82, 2.24) is 0 Å². The molecule has 0 saturated heterocycles. The summed E-state index contributed by atoms with van der Waals surface area (Å²) in [6.45, 7) is 12.7. The largest absolute Gasteiger partial charge is 0.504 e. The lowest BCUT2D eigenvalue weighted by Crippen LogP contribution is -2.12. The van der Waals surface area contributed by atoms with E-state index in [0.29, 0.717) is 0 Å². The first-order valence-electron chi connectivity index (χ1n) is 7.48. The van der Waals surface area contributed by atoms with E-state index < -0.39 is 0 Å². The molecule has 0 amide bonds. The van der Waals surface area contributed by atoms with Crippen molar-refractivity contribution in [2.24, 2.45) is 5.41 Å². The third-order valence-electron chi connectivity index (χ3n) is 3.75. The zero-order valence-corrected chi connectivity index (χ0v) is 13.9. The number of rotatable bonds is 1. The highest BCUT2D eigenvalue weighted by atomic mass is 16.3. The molecule has 114 valence electrons. The van der Waals surface area contributed by atoms with Crippen molar-refractivity contribution < 1.29 is 10.2 Å². The summed E-state index contributed by atoms with van der Waals surface area (Å²) in [4.78, 5) is 0. The summed E-state index contributed by atoms with van der Waals surface area (Å²) in [5, 5.41) is 22.4. The van der Waals surface area contributed by atoms with Gasteiger partial charge in [0.05, 0.1) is 0 Å². The van der Waals surface area contributed by atoms with E-state index in [1.807, 2.05) is 39.0 Å². The molecule has 0 atom stereocenters. The van der Waals surface area contributed by atoms with Crippen LogP contribution in [0, 0.1) is 5.41 Å². The van der Waals surface area contributed by atoms with E-state index in [4.69, 9.17) is 0 Å². The van der Waals surface area contributed by atoms with Crippen LogP contribution in [0.5, 0.6) is 11.5 Å². The molecule has 0 fully saturated rings. The van der Waals surface area contributed by atoms with Gasteiger partial charge in [0.15, 0.2) is 11.5 Å². The smallest absolute Gasteiger partial charge is 0.165 e. The van der Waals surface area contributed by atoms with Crippen LogP contribution in [-0.4, -0.2) is 10.2 Å². The van der Waals surface area contributed by atoms with E-state index in [9.17, 15) is 10.2 Å². The third-order valence-corrected chi connectivity index (χ3v) is 3.75. The molecule has 2 N–H and O–H groups in total. The lowest BCUT2D eigenvalue weighted by atomic mass is 9.82. The van der Waals surface area contributed by atoms with E-state index in [1.165, 1.54) is 5.56 Å². The van der Waals surface area contributed by atoms with Crippen molar-refractivity contribution in [3.63, 3.8) is 0 Å². The zero-order valence-electron chi connectivity index (χ0n) is 13.9. The Bertz CT molecular complexity index is 670. The van der Waals surface area contributed by atoms with Crippen molar-refractivity contribution in [2.75, 3.05) is 0 Å². The fraction of sp³-hybridized carbons (Fsp3) is 0.474. The Morgan fingerprint density at radius 3 is 2.00 bits per heavy atom. The van der Waals surface area contributed by atoms with Gasteiger partial charge in [-0.3, -0.25) is 0 Å². The molecule has 0 radical (unpaired) electrons. The number of phenolic OH excluding ortho intramolecular Hbond substituents is 2. The number of phenols is 2. The molecular weight excluding hydrogens is 260 g/mol. The highest BCUT2D eigenvalue weighted by Gasteiger charge is 2.23. The predicted molar refractivity (Wildman–Crippen MR) is 89.1 cm³/mol. The van der Waals surface area contributed by atoms with Crippen molar-refractivity contribution >= 4 is 10.8 Å². The quantitative estimate of drug-likeness (QED) is 0.713. The van der Waals surface area contributed by atoms with Crippen molar-refractivity contribution in [1.29, 1.82) is 0 Å². The average molecular weight is 286 g/mol. The zero-order chi connectivity index (χ0) is 16.0. The van der Waals surface area contributed by atoms with Crippen LogP contribution in [0.15, 0.2) is 24.3 Å². The van der Waals surface area contributed by atoms with Gasteiger partial charge in [-0.1, -0.05) is 59.7 Å². The summed E-state index contributed by atoms with van der Waals surface area (Å²) in [5.41, 5.74) is 1.95. The van der Waals surface area contributed by atoms with Gasteiger partial charge in [0.25, 0.3) is 0 Å². The molecule has 0 saturated carbocycles. The minimum Gasteiger partial charge on any atom is -0.504 e. The molecule has 2 aromatic carbocycles. The summed E-state index contributed by atoms with van der Waals surface area (Å²) in [6.07, 6.45) is 0.929. The monoisotopic (exact) mass is 286 g/mol. The van der Waals surface area contributed by atoms with Gasteiger partial charge in [-0.15, -0.1) is 0 Å². The van der Waals surface area contributed by atoms with Crippen LogP contribution in [-0.2, 0) is 11.8 Å². The number of fused-ring (bicyclic) bond motifs is 1. The van der Waals surface area contributed by atoms with Crippen LogP contribution in [0.3, 0.4) is 0 Å². The Labute approximate surface area is 127 Å². The first kappa shape index (κ1) is 15.7. The van der Waals surface area contributed by atoms with Crippen LogP contribution < -0.4 is 0 Å². The molecule has 0 aliphatic carbocycles. The highest BCUT2D eigenvalue weighted by molar-refractivity contribution is 5.94. The Hall–Kier alpha value is -1.70. The Morgan fingerprint density at radius 1 is 0.857 bits per heavy atom. The maximum atomic E-state index is 10.4. The first-order chi connectivity index (χ1) is 9.50. The minimum absolute atomic E-state index is 0.00269. The van der Waals surface area contributed by atoms with E-state index in [2.05, 4.69) is 26.8 Å². The minimum atomic E-state index is -0.218. The molecular formula is C19H26O2. The predicted octanol–water partition coefficient (Wildman–Crippen LogP) is 5.14. The molecule has 2 heteroatoms. The maximum Gasteiger partial charge on any atom is 0.165 e. The number of aromatic hydroxyl groups is 2. The fourth-order valence-corrected chi connectivity index (χ4v) is 2.75. The molecule has 0 aliphatic rings. The topological polar surface area (TPSA) is 40.5 Å². The van der Waals surface area contributed by atoms with Crippen molar-refractivity contribution in [3.05, 3.63) is 35.4 Å². The second kappa shape index (κ2) is 4.94.